The summed E-state index contributed by atoms with van der Waals surface area (Å²) >= 11 is 0. The van der Waals surface area contributed by atoms with Crippen LogP contribution in [0.1, 0.15) is 66.7 Å². The van der Waals surface area contributed by atoms with Gasteiger partial charge in [0.2, 0.25) is 0 Å². The van der Waals surface area contributed by atoms with E-state index in [9.17, 15) is 0 Å². The Bertz CT molecular complexity index is 139. The first-order valence-electron chi connectivity index (χ1n) is 7.59. The SMILES string of the molecule is CCCCC(CN(CC)CC)OC(CC)CC. The fourth-order valence-corrected chi connectivity index (χ4v) is 2.16. The molecule has 0 aromatic heterocycles. The molecular formula is C15H33NO. The minimum atomic E-state index is 0.430. The first-order valence-corrected chi connectivity index (χ1v) is 7.59. The van der Waals surface area contributed by atoms with Gasteiger partial charge in [0.25, 0.3) is 0 Å². The van der Waals surface area contributed by atoms with Crippen molar-refractivity contribution in [3.8, 4) is 0 Å². The van der Waals surface area contributed by atoms with Gasteiger partial charge in [-0.15, -0.1) is 0 Å². The molecule has 0 heterocycles. The van der Waals surface area contributed by atoms with Crippen LogP contribution in [-0.4, -0.2) is 36.7 Å². The van der Waals surface area contributed by atoms with Gasteiger partial charge in [0.05, 0.1) is 12.2 Å². The topological polar surface area (TPSA) is 12.5 Å². The van der Waals surface area contributed by atoms with Crippen molar-refractivity contribution in [1.29, 1.82) is 0 Å². The number of ether oxygens (including phenoxy) is 1. The number of unbranched alkanes of at least 4 members (excludes halogenated alkanes) is 1. The van der Waals surface area contributed by atoms with E-state index in [1.807, 2.05) is 0 Å². The highest BCUT2D eigenvalue weighted by Crippen LogP contribution is 2.13. The minimum Gasteiger partial charge on any atom is -0.374 e. The molecule has 0 aliphatic rings. The van der Waals surface area contributed by atoms with Crippen molar-refractivity contribution < 1.29 is 4.74 Å². The third kappa shape index (κ3) is 7.77. The molecule has 0 rings (SSSR count). The van der Waals surface area contributed by atoms with Crippen LogP contribution < -0.4 is 0 Å². The zero-order chi connectivity index (χ0) is 13.1. The van der Waals surface area contributed by atoms with E-state index in [1.165, 1.54) is 19.3 Å². The molecular weight excluding hydrogens is 210 g/mol. The second kappa shape index (κ2) is 11.0. The van der Waals surface area contributed by atoms with Gasteiger partial charge in [-0.2, -0.15) is 0 Å². The first kappa shape index (κ1) is 16.9. The van der Waals surface area contributed by atoms with Crippen LogP contribution in [0, 0.1) is 0 Å². The van der Waals surface area contributed by atoms with Gasteiger partial charge >= 0.3 is 0 Å². The summed E-state index contributed by atoms with van der Waals surface area (Å²) in [6.07, 6.45) is 6.91. The Morgan fingerprint density at radius 1 is 0.882 bits per heavy atom. The Labute approximate surface area is 109 Å². The van der Waals surface area contributed by atoms with Crippen molar-refractivity contribution in [3.63, 3.8) is 0 Å². The number of rotatable bonds is 11. The molecule has 0 amide bonds. The molecule has 0 aliphatic heterocycles. The fraction of sp³-hybridized carbons (Fsp3) is 1.00. The van der Waals surface area contributed by atoms with Crippen LogP contribution in [0.25, 0.3) is 0 Å². The van der Waals surface area contributed by atoms with Crippen LogP contribution >= 0.6 is 0 Å². The summed E-state index contributed by atoms with van der Waals surface area (Å²) < 4.78 is 6.24. The van der Waals surface area contributed by atoms with E-state index >= 15 is 0 Å². The van der Waals surface area contributed by atoms with Crippen molar-refractivity contribution in [2.75, 3.05) is 19.6 Å². The molecule has 0 aromatic rings. The Morgan fingerprint density at radius 2 is 1.47 bits per heavy atom. The summed E-state index contributed by atoms with van der Waals surface area (Å²) in [5.41, 5.74) is 0. The van der Waals surface area contributed by atoms with Gasteiger partial charge in [-0.05, 0) is 32.4 Å². The molecule has 1 atom stereocenters. The highest BCUT2D eigenvalue weighted by atomic mass is 16.5. The van der Waals surface area contributed by atoms with Crippen molar-refractivity contribution in [1.82, 2.24) is 4.90 Å². The largest absolute Gasteiger partial charge is 0.374 e. The summed E-state index contributed by atoms with van der Waals surface area (Å²) in [5.74, 6) is 0. The highest BCUT2D eigenvalue weighted by molar-refractivity contribution is 4.67. The summed E-state index contributed by atoms with van der Waals surface area (Å²) in [6, 6.07) is 0. The second-order valence-corrected chi connectivity index (χ2v) is 4.82. The van der Waals surface area contributed by atoms with Gasteiger partial charge in [-0.3, -0.25) is 0 Å². The maximum atomic E-state index is 6.24. The number of likely N-dealkylation sites (N-methyl/N-ethyl adjacent to an activating group) is 1. The summed E-state index contributed by atoms with van der Waals surface area (Å²) in [4.78, 5) is 2.47. The molecule has 2 heteroatoms. The van der Waals surface area contributed by atoms with Crippen molar-refractivity contribution in [2.45, 2.75) is 78.9 Å². The van der Waals surface area contributed by atoms with E-state index in [0.29, 0.717) is 12.2 Å². The van der Waals surface area contributed by atoms with Crippen LogP contribution in [0.2, 0.25) is 0 Å². The van der Waals surface area contributed by atoms with Gasteiger partial charge in [0.15, 0.2) is 0 Å². The molecule has 0 fully saturated rings. The average molecular weight is 243 g/mol. The Morgan fingerprint density at radius 3 is 1.88 bits per heavy atom. The van der Waals surface area contributed by atoms with Gasteiger partial charge in [-0.25, -0.2) is 0 Å². The van der Waals surface area contributed by atoms with E-state index < -0.39 is 0 Å². The lowest BCUT2D eigenvalue weighted by atomic mass is 10.1. The van der Waals surface area contributed by atoms with Gasteiger partial charge in [0, 0.05) is 6.54 Å². The molecule has 0 saturated heterocycles. The third-order valence-corrected chi connectivity index (χ3v) is 3.53. The quantitative estimate of drug-likeness (QED) is 0.542. The van der Waals surface area contributed by atoms with Gasteiger partial charge < -0.3 is 9.64 Å². The van der Waals surface area contributed by atoms with E-state index in [4.69, 9.17) is 4.74 Å². The molecule has 0 radical (unpaired) electrons. The lowest BCUT2D eigenvalue weighted by Crippen LogP contribution is -2.35. The Kier molecular flexibility index (Phi) is 11.0. The molecule has 17 heavy (non-hydrogen) atoms. The maximum Gasteiger partial charge on any atom is 0.0705 e. The standard InChI is InChI=1S/C15H33NO/c1-6-11-12-15(13-16(9-4)10-5)17-14(7-2)8-3/h14-15H,6-13H2,1-5H3. The molecule has 0 spiro atoms. The number of nitrogens with zero attached hydrogens (tertiary/aromatic N) is 1. The van der Waals surface area contributed by atoms with E-state index in [1.54, 1.807) is 0 Å². The van der Waals surface area contributed by atoms with Crippen molar-refractivity contribution in [3.05, 3.63) is 0 Å². The Hall–Kier alpha value is -0.0800. The fourth-order valence-electron chi connectivity index (χ4n) is 2.16. The normalized spacial score (nSPS) is 13.6. The lowest BCUT2D eigenvalue weighted by molar-refractivity contribution is -0.0354. The van der Waals surface area contributed by atoms with E-state index in [2.05, 4.69) is 39.5 Å². The van der Waals surface area contributed by atoms with Gasteiger partial charge in [0.1, 0.15) is 0 Å². The van der Waals surface area contributed by atoms with Crippen LogP contribution in [0.15, 0.2) is 0 Å². The summed E-state index contributed by atoms with van der Waals surface area (Å²) in [7, 11) is 0. The van der Waals surface area contributed by atoms with E-state index in [-0.39, 0.29) is 0 Å². The molecule has 0 aliphatic carbocycles. The van der Waals surface area contributed by atoms with Crippen LogP contribution in [0.3, 0.4) is 0 Å². The summed E-state index contributed by atoms with van der Waals surface area (Å²) in [6.45, 7) is 14.5. The molecule has 104 valence electrons. The predicted octanol–water partition coefficient (Wildman–Crippen LogP) is 4.09. The molecule has 0 bridgehead atoms. The van der Waals surface area contributed by atoms with Crippen molar-refractivity contribution >= 4 is 0 Å². The molecule has 2 nitrogen and oxygen atoms in total. The monoisotopic (exact) mass is 243 g/mol. The summed E-state index contributed by atoms with van der Waals surface area (Å²) in [5, 5.41) is 0. The molecule has 0 saturated carbocycles. The van der Waals surface area contributed by atoms with Gasteiger partial charge in [-0.1, -0.05) is 47.5 Å². The van der Waals surface area contributed by atoms with Crippen LogP contribution in [0.4, 0.5) is 0 Å². The molecule has 1 unspecified atom stereocenters. The van der Waals surface area contributed by atoms with Crippen LogP contribution in [0.5, 0.6) is 0 Å². The van der Waals surface area contributed by atoms with Crippen LogP contribution in [-0.2, 0) is 4.74 Å². The predicted molar refractivity (Wildman–Crippen MR) is 76.6 cm³/mol. The Balaban J connectivity index is 4.19. The third-order valence-electron chi connectivity index (χ3n) is 3.53. The second-order valence-electron chi connectivity index (χ2n) is 4.82. The molecule has 0 aromatic carbocycles. The smallest absolute Gasteiger partial charge is 0.0705 e. The zero-order valence-electron chi connectivity index (χ0n) is 12.7. The molecule has 0 N–H and O–H groups in total. The highest BCUT2D eigenvalue weighted by Gasteiger charge is 2.16. The maximum absolute atomic E-state index is 6.24. The van der Waals surface area contributed by atoms with E-state index in [0.717, 1.165) is 32.5 Å². The number of hydrogen-bond acceptors (Lipinski definition) is 2. The minimum absolute atomic E-state index is 0.430. The number of hydrogen-bond donors (Lipinski definition) is 0. The average Bonchev–Trinajstić information content (AvgIpc) is 2.38. The zero-order valence-corrected chi connectivity index (χ0v) is 12.7. The lowest BCUT2D eigenvalue weighted by Gasteiger charge is -2.28. The first-order chi connectivity index (χ1) is 8.21. The van der Waals surface area contributed by atoms with Crippen molar-refractivity contribution in [2.24, 2.45) is 0 Å².